The summed E-state index contributed by atoms with van der Waals surface area (Å²) in [5.74, 6) is 2.63. The molecule has 0 saturated carbocycles. The summed E-state index contributed by atoms with van der Waals surface area (Å²) >= 11 is 2.20. The molecular weight excluding hydrogens is 655 g/mol. The van der Waals surface area contributed by atoms with Crippen LogP contribution in [0.25, 0.3) is 0 Å². The van der Waals surface area contributed by atoms with Crippen LogP contribution < -0.4 is 0 Å². The summed E-state index contributed by atoms with van der Waals surface area (Å²) in [4.78, 5) is 2.76. The topological polar surface area (TPSA) is 12.5 Å². The van der Waals surface area contributed by atoms with Crippen molar-refractivity contribution in [2.45, 2.75) is 226 Å². The van der Waals surface area contributed by atoms with Gasteiger partial charge < -0.3 is 9.33 Å². The van der Waals surface area contributed by atoms with E-state index in [2.05, 4.69) is 101 Å². The highest BCUT2D eigenvalue weighted by molar-refractivity contribution is 7.99. The SMILES string of the molecule is CCCCC/C=C\C/C=C\CCCCCCCCN(CCCO[Si](C)(C)C(C)(C)C)CCSCCCCCCCC/C=C\CCCCCCCC. The smallest absolute Gasteiger partial charge is 0.191 e. The molecule has 0 unspecified atom stereocenters. The van der Waals surface area contributed by atoms with Gasteiger partial charge in [-0.25, -0.2) is 0 Å². The molecule has 0 amide bonds. The molecule has 0 fully saturated rings. The highest BCUT2D eigenvalue weighted by atomic mass is 32.2. The van der Waals surface area contributed by atoms with E-state index in [9.17, 15) is 0 Å². The zero-order chi connectivity index (χ0) is 37.6. The van der Waals surface area contributed by atoms with Crippen LogP contribution in [-0.2, 0) is 4.43 Å². The number of rotatable bonds is 39. The lowest BCUT2D eigenvalue weighted by Crippen LogP contribution is -2.41. The van der Waals surface area contributed by atoms with Crippen molar-refractivity contribution in [1.82, 2.24) is 4.90 Å². The zero-order valence-electron chi connectivity index (χ0n) is 36.1. The van der Waals surface area contributed by atoms with E-state index in [1.54, 1.807) is 0 Å². The maximum Gasteiger partial charge on any atom is 0.191 e. The molecule has 0 N–H and O–H groups in total. The minimum atomic E-state index is -1.64. The van der Waals surface area contributed by atoms with Crippen LogP contribution in [0.2, 0.25) is 18.1 Å². The Hall–Kier alpha value is -0.293. The second-order valence-electron chi connectivity index (χ2n) is 16.9. The van der Waals surface area contributed by atoms with Crippen molar-refractivity contribution in [3.05, 3.63) is 36.5 Å². The molecule has 302 valence electrons. The number of thioether (sulfide) groups is 1. The molecular formula is C47H93NOSSi. The summed E-state index contributed by atoms with van der Waals surface area (Å²) < 4.78 is 6.52. The highest BCUT2D eigenvalue weighted by Gasteiger charge is 2.36. The predicted molar refractivity (Wildman–Crippen MR) is 240 cm³/mol. The van der Waals surface area contributed by atoms with Crippen LogP contribution in [0.3, 0.4) is 0 Å². The molecule has 51 heavy (non-hydrogen) atoms. The summed E-state index contributed by atoms with van der Waals surface area (Å²) in [6, 6.07) is 0. The van der Waals surface area contributed by atoms with Gasteiger partial charge in [-0.1, -0.05) is 167 Å². The summed E-state index contributed by atoms with van der Waals surface area (Å²) in [6.45, 7) is 21.1. The lowest BCUT2D eigenvalue weighted by Gasteiger charge is -2.36. The molecule has 4 heteroatoms. The first-order valence-electron chi connectivity index (χ1n) is 22.6. The maximum atomic E-state index is 6.52. The molecule has 0 atom stereocenters. The van der Waals surface area contributed by atoms with Gasteiger partial charge in [0.25, 0.3) is 0 Å². The van der Waals surface area contributed by atoms with Crippen molar-refractivity contribution in [2.75, 3.05) is 37.7 Å². The molecule has 0 aromatic rings. The molecule has 0 radical (unpaired) electrons. The summed E-state index contributed by atoms with van der Waals surface area (Å²) in [5.41, 5.74) is 0. The van der Waals surface area contributed by atoms with Crippen LogP contribution in [0, 0.1) is 0 Å². The van der Waals surface area contributed by atoms with Gasteiger partial charge >= 0.3 is 0 Å². The van der Waals surface area contributed by atoms with E-state index in [0.29, 0.717) is 5.04 Å². The van der Waals surface area contributed by atoms with E-state index in [-0.39, 0.29) is 0 Å². The van der Waals surface area contributed by atoms with E-state index < -0.39 is 8.32 Å². The fourth-order valence-electron chi connectivity index (χ4n) is 6.24. The van der Waals surface area contributed by atoms with Gasteiger partial charge in [-0.15, -0.1) is 0 Å². The number of unbranched alkanes of at least 4 members (excludes halogenated alkanes) is 21. The van der Waals surface area contributed by atoms with Gasteiger partial charge in [0.15, 0.2) is 8.32 Å². The first-order valence-corrected chi connectivity index (χ1v) is 26.7. The number of allylic oxidation sites excluding steroid dienone is 6. The van der Waals surface area contributed by atoms with Crippen LogP contribution in [0.1, 0.15) is 208 Å². The highest BCUT2D eigenvalue weighted by Crippen LogP contribution is 2.36. The summed E-state index contributed by atoms with van der Waals surface area (Å²) in [7, 11) is -1.64. The van der Waals surface area contributed by atoms with Crippen LogP contribution in [-0.4, -0.2) is 51.0 Å². The molecule has 0 heterocycles. The molecule has 0 aromatic heterocycles. The third-order valence-electron chi connectivity index (χ3n) is 10.9. The van der Waals surface area contributed by atoms with Crippen molar-refractivity contribution in [2.24, 2.45) is 0 Å². The normalized spacial score (nSPS) is 12.9. The molecule has 0 aromatic carbocycles. The Morgan fingerprint density at radius 3 is 1.41 bits per heavy atom. The van der Waals surface area contributed by atoms with E-state index in [1.165, 1.54) is 198 Å². The molecule has 0 spiro atoms. The molecule has 0 aliphatic carbocycles. The quantitative estimate of drug-likeness (QED) is 0.0353. The van der Waals surface area contributed by atoms with Crippen molar-refractivity contribution in [3.63, 3.8) is 0 Å². The lowest BCUT2D eigenvalue weighted by molar-refractivity contribution is 0.228. The van der Waals surface area contributed by atoms with Crippen molar-refractivity contribution in [1.29, 1.82) is 0 Å². The Kier molecular flexibility index (Phi) is 37.8. The first-order chi connectivity index (χ1) is 24.7. The van der Waals surface area contributed by atoms with Crippen LogP contribution in [0.4, 0.5) is 0 Å². The fourth-order valence-corrected chi connectivity index (χ4v) is 8.33. The van der Waals surface area contributed by atoms with Crippen molar-refractivity contribution in [3.8, 4) is 0 Å². The van der Waals surface area contributed by atoms with Crippen LogP contribution in [0.15, 0.2) is 36.5 Å². The van der Waals surface area contributed by atoms with Crippen molar-refractivity contribution >= 4 is 20.1 Å². The average Bonchev–Trinajstić information content (AvgIpc) is 3.10. The summed E-state index contributed by atoms with van der Waals surface area (Å²) in [5, 5.41) is 0.300. The minimum Gasteiger partial charge on any atom is -0.417 e. The maximum absolute atomic E-state index is 6.52. The second kappa shape index (κ2) is 38.0. The number of hydrogen-bond acceptors (Lipinski definition) is 3. The standard InChI is InChI=1S/C47H93NOSSi/c1-8-10-12-14-16-18-20-22-24-26-28-30-32-34-36-38-41-48(42-40-44-49-51(6,7)47(3,4)5)43-46-50-45-39-37-35-33-31-29-27-25-23-21-19-17-15-13-11-9-2/h16,18,22-25H,8-15,17,19-21,26-46H2,1-7H3/b18-16-,24-22-,25-23-. The van der Waals surface area contributed by atoms with Crippen molar-refractivity contribution < 1.29 is 4.43 Å². The second-order valence-corrected chi connectivity index (χ2v) is 23.0. The Balaban J connectivity index is 4.04. The van der Waals surface area contributed by atoms with Gasteiger partial charge in [-0.05, 0) is 107 Å². The van der Waals surface area contributed by atoms with Crippen LogP contribution >= 0.6 is 11.8 Å². The number of nitrogens with zero attached hydrogens (tertiary/aromatic N) is 1. The molecule has 0 aliphatic rings. The monoisotopic (exact) mass is 748 g/mol. The molecule has 0 bridgehead atoms. The predicted octanol–water partition coefficient (Wildman–Crippen LogP) is 16.3. The molecule has 2 nitrogen and oxygen atoms in total. The van der Waals surface area contributed by atoms with Gasteiger partial charge in [0.05, 0.1) is 0 Å². The van der Waals surface area contributed by atoms with E-state index >= 15 is 0 Å². The largest absolute Gasteiger partial charge is 0.417 e. The summed E-state index contributed by atoms with van der Waals surface area (Å²) in [6.07, 6.45) is 51.0. The number of hydrogen-bond donors (Lipinski definition) is 0. The fraction of sp³-hybridized carbons (Fsp3) is 0.872. The minimum absolute atomic E-state index is 0.300. The third-order valence-corrected chi connectivity index (χ3v) is 16.5. The van der Waals surface area contributed by atoms with Crippen LogP contribution in [0.5, 0.6) is 0 Å². The van der Waals surface area contributed by atoms with Gasteiger partial charge in [0.1, 0.15) is 0 Å². The Morgan fingerprint density at radius 2 is 0.882 bits per heavy atom. The average molecular weight is 748 g/mol. The molecule has 0 aliphatic heterocycles. The zero-order valence-corrected chi connectivity index (χ0v) is 37.9. The van der Waals surface area contributed by atoms with Gasteiger partial charge in [0, 0.05) is 25.4 Å². The Bertz CT molecular complexity index is 786. The van der Waals surface area contributed by atoms with Gasteiger partial charge in [-0.2, -0.15) is 11.8 Å². The molecule has 0 saturated heterocycles. The van der Waals surface area contributed by atoms with Gasteiger partial charge in [-0.3, -0.25) is 0 Å². The molecule has 0 rings (SSSR count). The van der Waals surface area contributed by atoms with Gasteiger partial charge in [0.2, 0.25) is 0 Å². The Morgan fingerprint density at radius 1 is 0.471 bits per heavy atom. The first kappa shape index (κ1) is 50.7. The van der Waals surface area contributed by atoms with E-state index in [0.717, 1.165) is 13.0 Å². The Labute approximate surface area is 328 Å². The lowest BCUT2D eigenvalue weighted by atomic mass is 10.1. The van der Waals surface area contributed by atoms with E-state index in [1.807, 2.05) is 0 Å². The van der Waals surface area contributed by atoms with E-state index in [4.69, 9.17) is 4.43 Å². The third kappa shape index (κ3) is 36.5.